The number of aromatic nitrogens is 2. The Hall–Kier alpha value is -2.43. The molecule has 0 saturated carbocycles. The number of likely N-dealkylation sites (N-methyl/N-ethyl adjacent to an activating group) is 1. The minimum atomic E-state index is -0.601. The van der Waals surface area contributed by atoms with Gasteiger partial charge in [0.1, 0.15) is 11.6 Å². The topological polar surface area (TPSA) is 55.3 Å². The maximum absolute atomic E-state index is 12.2. The Bertz CT molecular complexity index is 531. The van der Waals surface area contributed by atoms with Gasteiger partial charge in [0.05, 0.1) is 6.20 Å². The Morgan fingerprint density at radius 2 is 2.11 bits per heavy atom. The molecule has 0 N–H and O–H groups in total. The van der Waals surface area contributed by atoms with E-state index in [1.807, 2.05) is 6.07 Å². The predicted octanol–water partition coefficient (Wildman–Crippen LogP) is 1.91. The van der Waals surface area contributed by atoms with Gasteiger partial charge in [0.2, 0.25) is 0 Å². The van der Waals surface area contributed by atoms with Gasteiger partial charge in [0.15, 0.2) is 6.10 Å². The highest BCUT2D eigenvalue weighted by atomic mass is 16.5. The van der Waals surface area contributed by atoms with Gasteiger partial charge in [-0.1, -0.05) is 6.07 Å². The molecule has 5 nitrogen and oxygen atoms in total. The summed E-state index contributed by atoms with van der Waals surface area (Å²) < 4.78 is 5.54. The lowest BCUT2D eigenvalue weighted by atomic mass is 10.3. The minimum absolute atomic E-state index is 0.164. The number of anilines is 1. The first-order chi connectivity index (χ1) is 9.18. The van der Waals surface area contributed by atoms with E-state index < -0.39 is 6.10 Å². The summed E-state index contributed by atoms with van der Waals surface area (Å²) >= 11 is 0. The Kier molecular flexibility index (Phi) is 4.07. The van der Waals surface area contributed by atoms with Crippen LogP contribution in [0.2, 0.25) is 0 Å². The molecule has 1 amide bonds. The molecule has 0 radical (unpaired) electrons. The zero-order valence-corrected chi connectivity index (χ0v) is 10.9. The number of ether oxygens (including phenoxy) is 1. The average Bonchev–Trinajstić information content (AvgIpc) is 2.47. The Balaban J connectivity index is 2.03. The molecule has 0 aliphatic heterocycles. The van der Waals surface area contributed by atoms with E-state index >= 15 is 0 Å². The van der Waals surface area contributed by atoms with Crippen LogP contribution in [0.4, 0.5) is 5.82 Å². The Labute approximate surface area is 111 Å². The van der Waals surface area contributed by atoms with Crippen LogP contribution < -0.4 is 9.64 Å². The van der Waals surface area contributed by atoms with Crippen LogP contribution in [0, 0.1) is 0 Å². The van der Waals surface area contributed by atoms with Crippen molar-refractivity contribution in [3.8, 4) is 5.75 Å². The van der Waals surface area contributed by atoms with Crippen LogP contribution in [0.5, 0.6) is 5.75 Å². The van der Waals surface area contributed by atoms with Crippen molar-refractivity contribution in [3.05, 3.63) is 48.9 Å². The molecule has 5 heteroatoms. The van der Waals surface area contributed by atoms with E-state index in [1.165, 1.54) is 4.90 Å². The molecule has 2 aromatic rings. The molecule has 0 unspecified atom stereocenters. The van der Waals surface area contributed by atoms with Gasteiger partial charge in [-0.15, -0.1) is 0 Å². The monoisotopic (exact) mass is 257 g/mol. The van der Waals surface area contributed by atoms with E-state index in [0.29, 0.717) is 11.6 Å². The standard InChI is InChI=1S/C14H15N3O2/c1-11(19-12-6-5-8-15-10-12)14(18)17(2)13-7-3-4-9-16-13/h3-11H,1-2H3/t11-/m0/s1. The summed E-state index contributed by atoms with van der Waals surface area (Å²) in [5.74, 6) is 0.995. The second kappa shape index (κ2) is 5.95. The Morgan fingerprint density at radius 3 is 2.74 bits per heavy atom. The average molecular weight is 257 g/mol. The van der Waals surface area contributed by atoms with Gasteiger partial charge in [0, 0.05) is 19.4 Å². The molecule has 0 spiro atoms. The largest absolute Gasteiger partial charge is 0.479 e. The lowest BCUT2D eigenvalue weighted by Gasteiger charge is -2.21. The van der Waals surface area contributed by atoms with Crippen LogP contribution >= 0.6 is 0 Å². The fourth-order valence-corrected chi connectivity index (χ4v) is 1.61. The fourth-order valence-electron chi connectivity index (χ4n) is 1.61. The summed E-state index contributed by atoms with van der Waals surface area (Å²) in [6, 6.07) is 8.93. The van der Waals surface area contributed by atoms with Crippen LogP contribution in [0.25, 0.3) is 0 Å². The molecule has 19 heavy (non-hydrogen) atoms. The molecular formula is C14H15N3O2. The van der Waals surface area contributed by atoms with Crippen molar-refractivity contribution in [2.75, 3.05) is 11.9 Å². The predicted molar refractivity (Wildman–Crippen MR) is 72.0 cm³/mol. The van der Waals surface area contributed by atoms with E-state index in [9.17, 15) is 4.79 Å². The Morgan fingerprint density at radius 1 is 1.26 bits per heavy atom. The van der Waals surface area contributed by atoms with Crippen molar-refractivity contribution in [2.45, 2.75) is 13.0 Å². The first-order valence-electron chi connectivity index (χ1n) is 5.94. The molecule has 0 aliphatic rings. The molecule has 2 rings (SSSR count). The van der Waals surface area contributed by atoms with Crippen molar-refractivity contribution in [1.29, 1.82) is 0 Å². The first-order valence-corrected chi connectivity index (χ1v) is 5.94. The van der Waals surface area contributed by atoms with E-state index in [4.69, 9.17) is 4.74 Å². The number of pyridine rings is 2. The number of carbonyl (C=O) groups is 1. The maximum atomic E-state index is 12.2. The van der Waals surface area contributed by atoms with E-state index in [1.54, 1.807) is 56.8 Å². The minimum Gasteiger partial charge on any atom is -0.479 e. The molecule has 0 fully saturated rings. The van der Waals surface area contributed by atoms with Gasteiger partial charge in [-0.25, -0.2) is 4.98 Å². The van der Waals surface area contributed by atoms with Crippen LogP contribution in [0.15, 0.2) is 48.9 Å². The molecule has 0 saturated heterocycles. The molecular weight excluding hydrogens is 242 g/mol. The molecule has 2 heterocycles. The third-order valence-corrected chi connectivity index (χ3v) is 2.62. The van der Waals surface area contributed by atoms with Gasteiger partial charge in [-0.3, -0.25) is 14.7 Å². The second-order valence-electron chi connectivity index (χ2n) is 4.03. The lowest BCUT2D eigenvalue weighted by molar-refractivity contribution is -0.124. The number of hydrogen-bond donors (Lipinski definition) is 0. The molecule has 0 aliphatic carbocycles. The van der Waals surface area contributed by atoms with Crippen LogP contribution in [-0.2, 0) is 4.79 Å². The summed E-state index contributed by atoms with van der Waals surface area (Å²) in [5, 5.41) is 0. The van der Waals surface area contributed by atoms with Gasteiger partial charge in [-0.2, -0.15) is 0 Å². The summed E-state index contributed by atoms with van der Waals surface area (Å²) in [6.45, 7) is 1.70. The molecule has 2 aromatic heterocycles. The van der Waals surface area contributed by atoms with Crippen molar-refractivity contribution in [3.63, 3.8) is 0 Å². The van der Waals surface area contributed by atoms with Crippen molar-refractivity contribution in [2.24, 2.45) is 0 Å². The summed E-state index contributed by atoms with van der Waals surface area (Å²) in [7, 11) is 1.67. The van der Waals surface area contributed by atoms with Gasteiger partial charge < -0.3 is 4.74 Å². The van der Waals surface area contributed by atoms with E-state index in [-0.39, 0.29) is 5.91 Å². The first kappa shape index (κ1) is 13.0. The third kappa shape index (κ3) is 3.28. The lowest BCUT2D eigenvalue weighted by Crippen LogP contribution is -2.38. The number of hydrogen-bond acceptors (Lipinski definition) is 4. The summed E-state index contributed by atoms with van der Waals surface area (Å²) in [5.41, 5.74) is 0. The summed E-state index contributed by atoms with van der Waals surface area (Å²) in [6.07, 6.45) is 4.27. The highest BCUT2D eigenvalue weighted by Crippen LogP contribution is 2.13. The number of rotatable bonds is 4. The van der Waals surface area contributed by atoms with Crippen LogP contribution in [0.1, 0.15) is 6.92 Å². The van der Waals surface area contributed by atoms with Gasteiger partial charge >= 0.3 is 0 Å². The molecule has 98 valence electrons. The normalized spacial score (nSPS) is 11.7. The maximum Gasteiger partial charge on any atom is 0.268 e. The van der Waals surface area contributed by atoms with Gasteiger partial charge in [0.25, 0.3) is 5.91 Å². The zero-order valence-electron chi connectivity index (χ0n) is 10.9. The number of amides is 1. The van der Waals surface area contributed by atoms with Gasteiger partial charge in [-0.05, 0) is 31.2 Å². The van der Waals surface area contributed by atoms with Crippen LogP contribution in [-0.4, -0.2) is 29.0 Å². The van der Waals surface area contributed by atoms with Crippen LogP contribution in [0.3, 0.4) is 0 Å². The SMILES string of the molecule is C[C@H](Oc1cccnc1)C(=O)N(C)c1ccccn1. The zero-order chi connectivity index (χ0) is 13.7. The molecule has 1 atom stereocenters. The second-order valence-corrected chi connectivity index (χ2v) is 4.03. The van der Waals surface area contributed by atoms with E-state index in [2.05, 4.69) is 9.97 Å². The van der Waals surface area contributed by atoms with E-state index in [0.717, 1.165) is 0 Å². The third-order valence-electron chi connectivity index (χ3n) is 2.62. The number of carbonyl (C=O) groups excluding carboxylic acids is 1. The highest BCUT2D eigenvalue weighted by Gasteiger charge is 2.20. The van der Waals surface area contributed by atoms with Crippen molar-refractivity contribution >= 4 is 11.7 Å². The summed E-state index contributed by atoms with van der Waals surface area (Å²) in [4.78, 5) is 21.7. The quantitative estimate of drug-likeness (QED) is 0.839. The number of nitrogens with zero attached hydrogens (tertiary/aromatic N) is 3. The smallest absolute Gasteiger partial charge is 0.268 e. The molecule has 0 aromatic carbocycles. The van der Waals surface area contributed by atoms with Crippen molar-refractivity contribution in [1.82, 2.24) is 9.97 Å². The highest BCUT2D eigenvalue weighted by molar-refractivity contribution is 5.95. The van der Waals surface area contributed by atoms with Crippen molar-refractivity contribution < 1.29 is 9.53 Å². The molecule has 0 bridgehead atoms. The fraction of sp³-hybridized carbons (Fsp3) is 0.214.